The van der Waals surface area contributed by atoms with Gasteiger partial charge in [0.25, 0.3) is 0 Å². The molecule has 0 atom stereocenters. The topological polar surface area (TPSA) is 93.1 Å². The van der Waals surface area contributed by atoms with Gasteiger partial charge in [0, 0.05) is 22.9 Å². The first-order valence-corrected chi connectivity index (χ1v) is 11.3. The molecule has 5 rings (SSSR count). The molecule has 8 heteroatoms. The fraction of sp³-hybridized carbons (Fsp3) is 0.200. The third-order valence-electron chi connectivity index (χ3n) is 5.76. The highest BCUT2D eigenvalue weighted by atomic mass is 32.2. The molecule has 1 saturated heterocycles. The van der Waals surface area contributed by atoms with Crippen molar-refractivity contribution >= 4 is 56.1 Å². The minimum Gasteiger partial charge on any atom is -0.423 e. The second kappa shape index (κ2) is 7.74. The van der Waals surface area contributed by atoms with E-state index in [-0.39, 0.29) is 17.3 Å². The Hall–Kier alpha value is -3.65. The Morgan fingerprint density at radius 1 is 0.758 bits per heavy atom. The predicted octanol–water partition coefficient (Wildman–Crippen LogP) is 4.90. The van der Waals surface area contributed by atoms with Gasteiger partial charge in [0.2, 0.25) is 5.91 Å². The lowest BCUT2D eigenvalue weighted by Gasteiger charge is -2.20. The number of aliphatic imine (C=N–C) groups is 1. The lowest BCUT2D eigenvalue weighted by Crippen LogP contribution is -2.29. The number of amidine groups is 1. The van der Waals surface area contributed by atoms with E-state index in [2.05, 4.69) is 0 Å². The first kappa shape index (κ1) is 21.2. The zero-order chi connectivity index (χ0) is 23.4. The smallest absolute Gasteiger partial charge is 0.336 e. The summed E-state index contributed by atoms with van der Waals surface area (Å²) in [6, 6.07) is 10.2. The molecule has 166 valence electrons. The van der Waals surface area contributed by atoms with Crippen LogP contribution in [0.15, 0.2) is 59.8 Å². The molecule has 1 amide bonds. The summed E-state index contributed by atoms with van der Waals surface area (Å²) in [5.41, 5.74) is 4.82. The molecule has 33 heavy (non-hydrogen) atoms. The van der Waals surface area contributed by atoms with Gasteiger partial charge in [-0.2, -0.15) is 0 Å². The maximum absolute atomic E-state index is 12.9. The first-order valence-electron chi connectivity index (χ1n) is 10.4. The standard InChI is InChI=1S/C25H20N2O5S/c1-12-7-23(29)31-20-5-14(3)18(9-16(12)20)26-25-27(22(28)11-33-25)19-10-17-13(2)8-24(30)32-21(17)6-15(19)4/h5-10H,11H2,1-4H3. The van der Waals surface area contributed by atoms with Crippen molar-refractivity contribution < 1.29 is 13.6 Å². The Bertz CT molecular complexity index is 1630. The number of thioether (sulfide) groups is 1. The number of aryl methyl sites for hydroxylation is 4. The molecule has 0 unspecified atom stereocenters. The van der Waals surface area contributed by atoms with Crippen LogP contribution in [0.4, 0.5) is 11.4 Å². The number of benzene rings is 2. The van der Waals surface area contributed by atoms with E-state index in [9.17, 15) is 14.4 Å². The highest BCUT2D eigenvalue weighted by molar-refractivity contribution is 8.15. The second-order valence-electron chi connectivity index (χ2n) is 8.18. The van der Waals surface area contributed by atoms with Crippen molar-refractivity contribution in [3.63, 3.8) is 0 Å². The Balaban J connectivity index is 1.67. The average Bonchev–Trinajstić information content (AvgIpc) is 3.08. The van der Waals surface area contributed by atoms with Gasteiger partial charge in [-0.3, -0.25) is 9.69 Å². The fourth-order valence-corrected chi connectivity index (χ4v) is 4.93. The van der Waals surface area contributed by atoms with Crippen LogP contribution in [-0.4, -0.2) is 16.8 Å². The van der Waals surface area contributed by atoms with Gasteiger partial charge in [0.1, 0.15) is 11.2 Å². The number of amides is 1. The molecule has 2 aromatic carbocycles. The Morgan fingerprint density at radius 3 is 1.97 bits per heavy atom. The molecule has 4 aromatic rings. The molecule has 1 fully saturated rings. The van der Waals surface area contributed by atoms with Crippen molar-refractivity contribution in [2.45, 2.75) is 27.7 Å². The summed E-state index contributed by atoms with van der Waals surface area (Å²) < 4.78 is 10.7. The third-order valence-corrected chi connectivity index (χ3v) is 6.68. The maximum atomic E-state index is 12.9. The number of rotatable bonds is 2. The second-order valence-corrected chi connectivity index (χ2v) is 9.12. The summed E-state index contributed by atoms with van der Waals surface area (Å²) in [7, 11) is 0. The van der Waals surface area contributed by atoms with E-state index in [1.807, 2.05) is 39.8 Å². The van der Waals surface area contributed by atoms with Crippen LogP contribution in [0.2, 0.25) is 0 Å². The molecule has 0 bridgehead atoms. The minimum absolute atomic E-state index is 0.0724. The van der Waals surface area contributed by atoms with Crippen molar-refractivity contribution in [1.82, 2.24) is 0 Å². The molecular formula is C25H20N2O5S. The van der Waals surface area contributed by atoms with E-state index in [1.165, 1.54) is 23.9 Å². The van der Waals surface area contributed by atoms with Crippen molar-refractivity contribution in [3.05, 3.63) is 79.5 Å². The van der Waals surface area contributed by atoms with Crippen LogP contribution in [0, 0.1) is 27.7 Å². The third kappa shape index (κ3) is 3.66. The number of hydrogen-bond acceptors (Lipinski definition) is 7. The zero-order valence-electron chi connectivity index (χ0n) is 18.5. The number of hydrogen-bond donors (Lipinski definition) is 0. The summed E-state index contributed by atoms with van der Waals surface area (Å²) in [6.45, 7) is 7.45. The number of nitrogens with zero attached hydrogens (tertiary/aromatic N) is 2. The summed E-state index contributed by atoms with van der Waals surface area (Å²) >= 11 is 1.37. The molecule has 0 radical (unpaired) electrons. The number of fused-ring (bicyclic) bond motifs is 2. The lowest BCUT2D eigenvalue weighted by atomic mass is 10.1. The summed E-state index contributed by atoms with van der Waals surface area (Å²) in [6.07, 6.45) is 0. The molecule has 2 aromatic heterocycles. The quantitative estimate of drug-likeness (QED) is 0.395. The van der Waals surface area contributed by atoms with Gasteiger partial charge < -0.3 is 8.83 Å². The highest BCUT2D eigenvalue weighted by Crippen LogP contribution is 2.35. The van der Waals surface area contributed by atoms with Gasteiger partial charge in [-0.05, 0) is 74.2 Å². The zero-order valence-corrected chi connectivity index (χ0v) is 19.3. The van der Waals surface area contributed by atoms with Crippen LogP contribution in [0.25, 0.3) is 21.9 Å². The molecule has 7 nitrogen and oxygen atoms in total. The normalized spacial score (nSPS) is 15.3. The monoisotopic (exact) mass is 460 g/mol. The predicted molar refractivity (Wildman–Crippen MR) is 131 cm³/mol. The molecule has 3 heterocycles. The maximum Gasteiger partial charge on any atom is 0.336 e. The highest BCUT2D eigenvalue weighted by Gasteiger charge is 2.31. The van der Waals surface area contributed by atoms with Gasteiger partial charge in [-0.15, -0.1) is 0 Å². The first-order chi connectivity index (χ1) is 15.7. The molecule has 0 N–H and O–H groups in total. The Labute approximate surface area is 192 Å². The van der Waals surface area contributed by atoms with Gasteiger partial charge >= 0.3 is 11.3 Å². The van der Waals surface area contributed by atoms with E-state index >= 15 is 0 Å². The molecule has 0 aliphatic carbocycles. The van der Waals surface area contributed by atoms with E-state index in [0.717, 1.165) is 33.0 Å². The summed E-state index contributed by atoms with van der Waals surface area (Å²) in [4.78, 5) is 42.8. The van der Waals surface area contributed by atoms with E-state index in [4.69, 9.17) is 13.8 Å². The van der Waals surface area contributed by atoms with E-state index < -0.39 is 5.63 Å². The molecule has 0 saturated carbocycles. The Kier molecular flexibility index (Phi) is 4.97. The molecular weight excluding hydrogens is 440 g/mol. The lowest BCUT2D eigenvalue weighted by molar-refractivity contribution is -0.115. The SMILES string of the molecule is Cc1cc2oc(=O)cc(C)c2cc1N=C1SCC(=O)N1c1cc2c(C)cc(=O)oc2cc1C. The van der Waals surface area contributed by atoms with Crippen molar-refractivity contribution in [2.24, 2.45) is 4.99 Å². The summed E-state index contributed by atoms with van der Waals surface area (Å²) in [5, 5.41) is 2.13. The van der Waals surface area contributed by atoms with Crippen LogP contribution in [-0.2, 0) is 4.79 Å². The van der Waals surface area contributed by atoms with Crippen LogP contribution >= 0.6 is 11.8 Å². The van der Waals surface area contributed by atoms with Gasteiger partial charge in [-0.1, -0.05) is 11.8 Å². The fourth-order valence-electron chi connectivity index (χ4n) is 4.06. The van der Waals surface area contributed by atoms with Crippen molar-refractivity contribution in [1.29, 1.82) is 0 Å². The average molecular weight is 461 g/mol. The summed E-state index contributed by atoms with van der Waals surface area (Å²) in [5.74, 6) is 0.205. The Morgan fingerprint density at radius 2 is 1.33 bits per heavy atom. The van der Waals surface area contributed by atoms with Crippen molar-refractivity contribution in [3.8, 4) is 0 Å². The van der Waals surface area contributed by atoms with Crippen molar-refractivity contribution in [2.75, 3.05) is 10.7 Å². The van der Waals surface area contributed by atoms with Gasteiger partial charge in [-0.25, -0.2) is 14.6 Å². The molecule has 1 aliphatic rings. The minimum atomic E-state index is -0.403. The molecule has 1 aliphatic heterocycles. The van der Waals surface area contributed by atoms with Crippen LogP contribution in [0.5, 0.6) is 0 Å². The molecule has 0 spiro atoms. The number of carbonyl (C=O) groups is 1. The number of anilines is 1. The number of carbonyl (C=O) groups excluding carboxylic acids is 1. The van der Waals surface area contributed by atoms with E-state index in [0.29, 0.717) is 27.7 Å². The largest absolute Gasteiger partial charge is 0.423 e. The van der Waals surface area contributed by atoms with Crippen LogP contribution in [0.3, 0.4) is 0 Å². The van der Waals surface area contributed by atoms with E-state index in [1.54, 1.807) is 17.0 Å². The van der Waals surface area contributed by atoms with Crippen LogP contribution < -0.4 is 16.2 Å². The van der Waals surface area contributed by atoms with Crippen LogP contribution in [0.1, 0.15) is 22.3 Å². The van der Waals surface area contributed by atoms with Gasteiger partial charge in [0.05, 0.1) is 17.1 Å². The van der Waals surface area contributed by atoms with Gasteiger partial charge in [0.15, 0.2) is 5.17 Å².